The van der Waals surface area contributed by atoms with E-state index in [-0.39, 0.29) is 24.0 Å². The molecule has 0 aliphatic carbocycles. The Morgan fingerprint density at radius 2 is 2.00 bits per heavy atom. The Bertz CT molecular complexity index is 264. The quantitative estimate of drug-likeness (QED) is 0.468. The number of nitrogens with zero attached hydrogens (tertiary/aromatic N) is 3. The minimum atomic E-state index is 0. The highest BCUT2D eigenvalue weighted by molar-refractivity contribution is 14.0. The first kappa shape index (κ1) is 16.0. The van der Waals surface area contributed by atoms with Crippen LogP contribution in [-0.4, -0.2) is 62.1 Å². The van der Waals surface area contributed by atoms with Crippen LogP contribution in [0.15, 0.2) is 4.99 Å². The monoisotopic (exact) mass is 366 g/mol. The van der Waals surface area contributed by atoms with Crippen molar-refractivity contribution < 1.29 is 0 Å². The molecule has 0 spiro atoms. The van der Waals surface area contributed by atoms with Crippen molar-refractivity contribution in [3.63, 3.8) is 0 Å². The third-order valence-corrected chi connectivity index (χ3v) is 3.73. The topological polar surface area (TPSA) is 30.9 Å². The maximum Gasteiger partial charge on any atom is 0.193 e. The van der Waals surface area contributed by atoms with E-state index in [0.29, 0.717) is 0 Å². The molecule has 1 N–H and O–H groups in total. The summed E-state index contributed by atoms with van der Waals surface area (Å²) in [4.78, 5) is 9.63. The normalized spacial score (nSPS) is 25.3. The highest BCUT2D eigenvalue weighted by atomic mass is 127. The third-order valence-electron chi connectivity index (χ3n) is 3.73. The van der Waals surface area contributed by atoms with Crippen LogP contribution in [0.5, 0.6) is 0 Å². The summed E-state index contributed by atoms with van der Waals surface area (Å²) < 4.78 is 0. The molecule has 2 aliphatic heterocycles. The molecule has 2 fully saturated rings. The van der Waals surface area contributed by atoms with Crippen LogP contribution in [0.4, 0.5) is 0 Å². The van der Waals surface area contributed by atoms with E-state index >= 15 is 0 Å². The molecule has 0 aromatic carbocycles. The summed E-state index contributed by atoms with van der Waals surface area (Å²) in [5, 5.41) is 3.42. The van der Waals surface area contributed by atoms with Crippen LogP contribution in [0, 0.1) is 5.92 Å². The highest BCUT2D eigenvalue weighted by Crippen LogP contribution is 2.15. The van der Waals surface area contributed by atoms with Crippen molar-refractivity contribution in [2.45, 2.75) is 26.2 Å². The van der Waals surface area contributed by atoms with Crippen molar-refractivity contribution in [1.82, 2.24) is 15.1 Å². The summed E-state index contributed by atoms with van der Waals surface area (Å²) in [7, 11) is 2.20. The zero-order valence-corrected chi connectivity index (χ0v) is 14.0. The molecule has 0 aromatic heterocycles. The van der Waals surface area contributed by atoms with Crippen molar-refractivity contribution in [2.24, 2.45) is 10.9 Å². The van der Waals surface area contributed by atoms with Gasteiger partial charge in [-0.1, -0.05) is 0 Å². The van der Waals surface area contributed by atoms with Gasteiger partial charge < -0.3 is 15.1 Å². The minimum absolute atomic E-state index is 0. The van der Waals surface area contributed by atoms with Gasteiger partial charge in [0.05, 0.1) is 0 Å². The van der Waals surface area contributed by atoms with Gasteiger partial charge in [0.1, 0.15) is 0 Å². The van der Waals surface area contributed by atoms with Crippen molar-refractivity contribution in [3.8, 4) is 0 Å². The maximum atomic E-state index is 4.82. The SMILES string of the molecule is CCNC(=NCC1CCN(C)C1)N1CCCC1.I. The fourth-order valence-electron chi connectivity index (χ4n) is 2.75. The van der Waals surface area contributed by atoms with E-state index < -0.39 is 0 Å². The van der Waals surface area contributed by atoms with Gasteiger partial charge in [-0.3, -0.25) is 4.99 Å². The molecule has 2 saturated heterocycles. The van der Waals surface area contributed by atoms with Gasteiger partial charge in [0.15, 0.2) is 5.96 Å². The van der Waals surface area contributed by atoms with E-state index in [4.69, 9.17) is 4.99 Å². The standard InChI is InChI=1S/C13H26N4.HI/c1-3-14-13(17-7-4-5-8-17)15-10-12-6-9-16(2)11-12;/h12H,3-11H2,1-2H3,(H,14,15);1H. The van der Waals surface area contributed by atoms with Crippen LogP contribution in [0.1, 0.15) is 26.2 Å². The van der Waals surface area contributed by atoms with Crippen molar-refractivity contribution in [1.29, 1.82) is 0 Å². The molecule has 106 valence electrons. The summed E-state index contributed by atoms with van der Waals surface area (Å²) in [6.45, 7) is 8.91. The van der Waals surface area contributed by atoms with Crippen LogP contribution in [-0.2, 0) is 0 Å². The van der Waals surface area contributed by atoms with E-state index in [0.717, 1.165) is 25.0 Å². The van der Waals surface area contributed by atoms with Crippen LogP contribution >= 0.6 is 24.0 Å². The first-order valence-electron chi connectivity index (χ1n) is 7.01. The van der Waals surface area contributed by atoms with Crippen molar-refractivity contribution in [2.75, 3.05) is 46.3 Å². The average Bonchev–Trinajstić information content (AvgIpc) is 2.95. The number of halogens is 1. The molecular weight excluding hydrogens is 339 g/mol. The molecule has 2 heterocycles. The van der Waals surface area contributed by atoms with Crippen molar-refractivity contribution in [3.05, 3.63) is 0 Å². The summed E-state index contributed by atoms with van der Waals surface area (Å²) in [5.41, 5.74) is 0. The van der Waals surface area contributed by atoms with E-state index in [1.165, 1.54) is 45.4 Å². The zero-order chi connectivity index (χ0) is 12.1. The van der Waals surface area contributed by atoms with Gasteiger partial charge >= 0.3 is 0 Å². The second kappa shape index (κ2) is 8.19. The Morgan fingerprint density at radius 1 is 1.28 bits per heavy atom. The van der Waals surface area contributed by atoms with E-state index in [1.807, 2.05) is 0 Å². The number of hydrogen-bond donors (Lipinski definition) is 1. The average molecular weight is 366 g/mol. The number of likely N-dealkylation sites (tertiary alicyclic amines) is 2. The molecule has 0 saturated carbocycles. The first-order valence-corrected chi connectivity index (χ1v) is 7.01. The van der Waals surface area contributed by atoms with Gasteiger partial charge in [0.25, 0.3) is 0 Å². The fourth-order valence-corrected chi connectivity index (χ4v) is 2.75. The van der Waals surface area contributed by atoms with Gasteiger partial charge in [0, 0.05) is 32.7 Å². The molecule has 2 aliphatic rings. The molecule has 4 nitrogen and oxygen atoms in total. The van der Waals surface area contributed by atoms with Crippen LogP contribution in [0.2, 0.25) is 0 Å². The van der Waals surface area contributed by atoms with Gasteiger partial charge in [-0.05, 0) is 45.7 Å². The molecule has 0 bridgehead atoms. The van der Waals surface area contributed by atoms with Crippen LogP contribution in [0.3, 0.4) is 0 Å². The number of aliphatic imine (C=N–C) groups is 1. The molecule has 0 amide bonds. The predicted octanol–water partition coefficient (Wildman–Crippen LogP) is 1.62. The Kier molecular flexibility index (Phi) is 7.29. The highest BCUT2D eigenvalue weighted by Gasteiger charge is 2.20. The Balaban J connectivity index is 0.00000162. The van der Waals surface area contributed by atoms with Crippen LogP contribution < -0.4 is 5.32 Å². The molecule has 1 atom stereocenters. The lowest BCUT2D eigenvalue weighted by molar-refractivity contribution is 0.396. The fraction of sp³-hybridized carbons (Fsp3) is 0.923. The second-order valence-electron chi connectivity index (χ2n) is 5.31. The van der Waals surface area contributed by atoms with Gasteiger partial charge in [-0.2, -0.15) is 0 Å². The molecular formula is C13H27IN4. The number of guanidine groups is 1. The van der Waals surface area contributed by atoms with Gasteiger partial charge in [-0.25, -0.2) is 0 Å². The molecule has 1 unspecified atom stereocenters. The zero-order valence-electron chi connectivity index (χ0n) is 11.7. The first-order chi connectivity index (χ1) is 8.29. The molecule has 5 heteroatoms. The number of hydrogen-bond acceptors (Lipinski definition) is 2. The summed E-state index contributed by atoms with van der Waals surface area (Å²) in [6, 6.07) is 0. The van der Waals surface area contributed by atoms with E-state index in [9.17, 15) is 0 Å². The number of rotatable bonds is 3. The Morgan fingerprint density at radius 3 is 2.56 bits per heavy atom. The maximum absolute atomic E-state index is 4.82. The summed E-state index contributed by atoms with van der Waals surface area (Å²) >= 11 is 0. The Hall–Kier alpha value is -0.0400. The van der Waals surface area contributed by atoms with Gasteiger partial charge in [-0.15, -0.1) is 24.0 Å². The summed E-state index contributed by atoms with van der Waals surface area (Å²) in [6.07, 6.45) is 3.94. The van der Waals surface area contributed by atoms with Crippen LogP contribution in [0.25, 0.3) is 0 Å². The summed E-state index contributed by atoms with van der Waals surface area (Å²) in [5.74, 6) is 1.90. The molecule has 2 rings (SSSR count). The van der Waals surface area contributed by atoms with Gasteiger partial charge in [0.2, 0.25) is 0 Å². The second-order valence-corrected chi connectivity index (χ2v) is 5.31. The molecule has 0 radical (unpaired) electrons. The lowest BCUT2D eigenvalue weighted by atomic mass is 10.1. The van der Waals surface area contributed by atoms with E-state index in [2.05, 4.69) is 29.1 Å². The predicted molar refractivity (Wildman–Crippen MR) is 87.8 cm³/mol. The third kappa shape index (κ3) is 4.57. The van der Waals surface area contributed by atoms with E-state index in [1.54, 1.807) is 0 Å². The van der Waals surface area contributed by atoms with Crippen molar-refractivity contribution >= 4 is 29.9 Å². The number of nitrogens with one attached hydrogen (secondary N) is 1. The lowest BCUT2D eigenvalue weighted by Gasteiger charge is -2.21. The molecule has 0 aromatic rings. The largest absolute Gasteiger partial charge is 0.357 e. The Labute approximate surface area is 128 Å². The minimum Gasteiger partial charge on any atom is -0.357 e. The smallest absolute Gasteiger partial charge is 0.193 e. The molecule has 18 heavy (non-hydrogen) atoms. The lowest BCUT2D eigenvalue weighted by Crippen LogP contribution is -2.40.